The molecule has 0 saturated carbocycles. The SMILES string of the molecule is FC(F)(F)C1=CC(c2ccccc2)C=CO1. The molecule has 1 nitrogen and oxygen atoms in total. The van der Waals surface area contributed by atoms with E-state index < -0.39 is 11.9 Å². The molecule has 0 aromatic heterocycles. The van der Waals surface area contributed by atoms with E-state index in [0.29, 0.717) is 0 Å². The van der Waals surface area contributed by atoms with E-state index in [-0.39, 0.29) is 5.92 Å². The lowest BCUT2D eigenvalue weighted by Gasteiger charge is -2.18. The highest BCUT2D eigenvalue weighted by atomic mass is 19.4. The van der Waals surface area contributed by atoms with Crippen LogP contribution in [-0.4, -0.2) is 6.18 Å². The van der Waals surface area contributed by atoms with Crippen molar-refractivity contribution >= 4 is 0 Å². The van der Waals surface area contributed by atoms with Gasteiger partial charge >= 0.3 is 6.18 Å². The summed E-state index contributed by atoms with van der Waals surface area (Å²) in [5, 5.41) is 0. The zero-order valence-electron chi connectivity index (χ0n) is 8.24. The minimum Gasteiger partial charge on any atom is -0.460 e. The molecular formula is C12H9F3O. The summed E-state index contributed by atoms with van der Waals surface area (Å²) in [7, 11) is 0. The monoisotopic (exact) mass is 226 g/mol. The maximum absolute atomic E-state index is 12.4. The third-order valence-electron chi connectivity index (χ3n) is 2.28. The summed E-state index contributed by atoms with van der Waals surface area (Å²) in [5.41, 5.74) is 0.809. The first kappa shape index (κ1) is 10.8. The fourth-order valence-corrected chi connectivity index (χ4v) is 1.50. The average Bonchev–Trinajstić information content (AvgIpc) is 2.29. The van der Waals surface area contributed by atoms with Crippen LogP contribution in [0, 0.1) is 0 Å². The van der Waals surface area contributed by atoms with Gasteiger partial charge in [0, 0.05) is 5.92 Å². The second kappa shape index (κ2) is 4.04. The molecular weight excluding hydrogens is 217 g/mol. The molecule has 16 heavy (non-hydrogen) atoms. The van der Waals surface area contributed by atoms with Gasteiger partial charge in [0.15, 0.2) is 0 Å². The van der Waals surface area contributed by atoms with E-state index in [1.165, 1.54) is 0 Å². The molecule has 0 spiro atoms. The van der Waals surface area contributed by atoms with Crippen LogP contribution >= 0.6 is 0 Å². The lowest BCUT2D eigenvalue weighted by Crippen LogP contribution is -2.16. The number of rotatable bonds is 1. The van der Waals surface area contributed by atoms with Gasteiger partial charge in [-0.1, -0.05) is 30.3 Å². The maximum Gasteiger partial charge on any atom is 0.449 e. The number of alkyl halides is 3. The van der Waals surface area contributed by atoms with Crippen molar-refractivity contribution in [3.8, 4) is 0 Å². The van der Waals surface area contributed by atoms with Crippen molar-refractivity contribution in [3.05, 3.63) is 60.1 Å². The molecule has 0 saturated heterocycles. The van der Waals surface area contributed by atoms with Gasteiger partial charge < -0.3 is 4.74 Å². The zero-order valence-corrected chi connectivity index (χ0v) is 8.24. The molecule has 1 atom stereocenters. The maximum atomic E-state index is 12.4. The summed E-state index contributed by atoms with van der Waals surface area (Å²) in [6.45, 7) is 0. The van der Waals surface area contributed by atoms with Crippen LogP contribution in [0.2, 0.25) is 0 Å². The van der Waals surface area contributed by atoms with E-state index in [0.717, 1.165) is 17.9 Å². The Morgan fingerprint density at radius 3 is 2.38 bits per heavy atom. The van der Waals surface area contributed by atoms with Gasteiger partial charge in [-0.25, -0.2) is 0 Å². The van der Waals surface area contributed by atoms with Crippen molar-refractivity contribution in [2.45, 2.75) is 12.1 Å². The van der Waals surface area contributed by atoms with Gasteiger partial charge in [0.1, 0.15) is 0 Å². The summed E-state index contributed by atoms with van der Waals surface area (Å²) < 4.78 is 41.7. The minimum absolute atomic E-state index is 0.383. The van der Waals surface area contributed by atoms with E-state index in [1.54, 1.807) is 30.3 Å². The first-order chi connectivity index (χ1) is 7.57. The molecule has 1 aliphatic heterocycles. The van der Waals surface area contributed by atoms with Gasteiger partial charge in [0.2, 0.25) is 5.76 Å². The van der Waals surface area contributed by atoms with Crippen LogP contribution in [0.3, 0.4) is 0 Å². The van der Waals surface area contributed by atoms with E-state index in [9.17, 15) is 13.2 Å². The number of hydrogen-bond donors (Lipinski definition) is 0. The number of allylic oxidation sites excluding steroid dienone is 3. The Balaban J connectivity index is 2.28. The molecule has 0 bridgehead atoms. The van der Waals surface area contributed by atoms with Crippen molar-refractivity contribution in [1.82, 2.24) is 0 Å². The lowest BCUT2D eigenvalue weighted by atomic mass is 9.97. The fraction of sp³-hybridized carbons (Fsp3) is 0.167. The molecule has 4 heteroatoms. The van der Waals surface area contributed by atoms with E-state index in [1.807, 2.05) is 6.07 Å². The molecule has 0 amide bonds. The predicted octanol–water partition coefficient (Wildman–Crippen LogP) is 3.76. The van der Waals surface area contributed by atoms with Crippen LogP contribution in [0.5, 0.6) is 0 Å². The Morgan fingerprint density at radius 1 is 1.06 bits per heavy atom. The van der Waals surface area contributed by atoms with Crippen LogP contribution in [0.15, 0.2) is 54.5 Å². The predicted molar refractivity (Wildman–Crippen MR) is 53.5 cm³/mol. The molecule has 0 radical (unpaired) electrons. The minimum atomic E-state index is -4.43. The second-order valence-electron chi connectivity index (χ2n) is 3.41. The van der Waals surface area contributed by atoms with Crippen LogP contribution < -0.4 is 0 Å². The van der Waals surface area contributed by atoms with Crippen LogP contribution in [0.1, 0.15) is 11.5 Å². The number of hydrogen-bond acceptors (Lipinski definition) is 1. The molecule has 1 aliphatic rings. The smallest absolute Gasteiger partial charge is 0.449 e. The molecule has 84 valence electrons. The topological polar surface area (TPSA) is 9.23 Å². The van der Waals surface area contributed by atoms with Crippen molar-refractivity contribution < 1.29 is 17.9 Å². The molecule has 1 aromatic rings. The second-order valence-corrected chi connectivity index (χ2v) is 3.41. The van der Waals surface area contributed by atoms with E-state index in [4.69, 9.17) is 0 Å². The Bertz CT molecular complexity index is 418. The summed E-state index contributed by atoms with van der Waals surface area (Å²) in [5.74, 6) is -1.34. The fourth-order valence-electron chi connectivity index (χ4n) is 1.50. The van der Waals surface area contributed by atoms with E-state index >= 15 is 0 Å². The molecule has 0 aliphatic carbocycles. The Labute approximate surface area is 90.8 Å². The lowest BCUT2D eigenvalue weighted by molar-refractivity contribution is -0.123. The number of halogens is 3. The third kappa shape index (κ3) is 2.27. The Morgan fingerprint density at radius 2 is 1.75 bits per heavy atom. The number of benzene rings is 1. The van der Waals surface area contributed by atoms with Crippen molar-refractivity contribution in [1.29, 1.82) is 0 Å². The highest BCUT2D eigenvalue weighted by Gasteiger charge is 2.37. The quantitative estimate of drug-likeness (QED) is 0.708. The summed E-state index contributed by atoms with van der Waals surface area (Å²) in [6.07, 6.45) is -0.682. The van der Waals surface area contributed by atoms with Crippen molar-refractivity contribution in [2.75, 3.05) is 0 Å². The molecule has 0 fully saturated rings. The van der Waals surface area contributed by atoms with Crippen LogP contribution in [0.25, 0.3) is 0 Å². The normalized spacial score (nSPS) is 20.2. The van der Waals surface area contributed by atoms with E-state index in [2.05, 4.69) is 4.74 Å². The molecule has 1 aromatic carbocycles. The van der Waals surface area contributed by atoms with Crippen molar-refractivity contribution in [3.63, 3.8) is 0 Å². The zero-order chi connectivity index (χ0) is 11.6. The van der Waals surface area contributed by atoms with Gasteiger partial charge in [-0.3, -0.25) is 0 Å². The summed E-state index contributed by atoms with van der Waals surface area (Å²) in [6, 6.07) is 8.97. The molecule has 1 heterocycles. The average molecular weight is 226 g/mol. The van der Waals surface area contributed by atoms with Gasteiger partial charge in [-0.2, -0.15) is 13.2 Å². The first-order valence-corrected chi connectivity index (χ1v) is 4.74. The van der Waals surface area contributed by atoms with Gasteiger partial charge in [0.25, 0.3) is 0 Å². The van der Waals surface area contributed by atoms with Gasteiger partial charge in [-0.15, -0.1) is 0 Å². The standard InChI is InChI=1S/C12H9F3O/c13-12(14,15)11-8-10(6-7-16-11)9-4-2-1-3-5-9/h1-8,10H. The Kier molecular flexibility index (Phi) is 2.73. The molecule has 1 unspecified atom stereocenters. The highest BCUT2D eigenvalue weighted by Crippen LogP contribution is 2.33. The van der Waals surface area contributed by atoms with Crippen LogP contribution in [-0.2, 0) is 4.74 Å². The largest absolute Gasteiger partial charge is 0.460 e. The number of ether oxygens (including phenoxy) is 1. The third-order valence-corrected chi connectivity index (χ3v) is 2.28. The summed E-state index contributed by atoms with van der Waals surface area (Å²) >= 11 is 0. The van der Waals surface area contributed by atoms with Crippen molar-refractivity contribution in [2.24, 2.45) is 0 Å². The molecule has 2 rings (SSSR count). The van der Waals surface area contributed by atoms with Crippen LogP contribution in [0.4, 0.5) is 13.2 Å². The molecule has 0 N–H and O–H groups in total. The highest BCUT2D eigenvalue weighted by molar-refractivity contribution is 5.31. The Hall–Kier alpha value is -1.71. The van der Waals surface area contributed by atoms with Gasteiger partial charge in [0.05, 0.1) is 6.26 Å². The summed E-state index contributed by atoms with van der Waals surface area (Å²) in [4.78, 5) is 0. The van der Waals surface area contributed by atoms with Gasteiger partial charge in [-0.05, 0) is 17.7 Å². The first-order valence-electron chi connectivity index (χ1n) is 4.74.